The lowest BCUT2D eigenvalue weighted by atomic mass is 10.2. The van der Waals surface area contributed by atoms with Gasteiger partial charge in [0.05, 0.1) is 18.0 Å². The predicted molar refractivity (Wildman–Crippen MR) is 70.3 cm³/mol. The molecule has 0 saturated carbocycles. The van der Waals surface area contributed by atoms with Crippen LogP contribution in [0.1, 0.15) is 16.1 Å². The molecule has 1 aliphatic heterocycles. The summed E-state index contributed by atoms with van der Waals surface area (Å²) in [6, 6.07) is 0. The van der Waals surface area contributed by atoms with Crippen molar-refractivity contribution in [1.82, 2.24) is 19.0 Å². The van der Waals surface area contributed by atoms with Gasteiger partial charge in [-0.3, -0.25) is 9.48 Å². The molecular weight excluding hydrogens is 268 g/mol. The molecule has 0 aromatic carbocycles. The van der Waals surface area contributed by atoms with E-state index < -0.39 is 10.0 Å². The Hall–Kier alpha value is -1.41. The number of piperazine rings is 1. The molecule has 0 radical (unpaired) electrons. The van der Waals surface area contributed by atoms with Crippen LogP contribution in [0.4, 0.5) is 0 Å². The van der Waals surface area contributed by atoms with Gasteiger partial charge in [-0.05, 0) is 6.92 Å². The molecule has 1 aliphatic rings. The summed E-state index contributed by atoms with van der Waals surface area (Å²) in [6.07, 6.45) is 2.75. The van der Waals surface area contributed by atoms with E-state index in [1.807, 2.05) is 6.92 Å². The van der Waals surface area contributed by atoms with Crippen molar-refractivity contribution in [3.63, 3.8) is 0 Å². The van der Waals surface area contributed by atoms with Crippen LogP contribution < -0.4 is 0 Å². The average molecular weight is 286 g/mol. The molecule has 7 nitrogen and oxygen atoms in total. The molecule has 0 spiro atoms. The molecule has 0 atom stereocenters. The summed E-state index contributed by atoms with van der Waals surface area (Å²) in [6.45, 7) is 3.38. The minimum Gasteiger partial charge on any atom is -0.336 e. The Bertz CT molecular complexity index is 585. The summed E-state index contributed by atoms with van der Waals surface area (Å²) in [4.78, 5) is 14.0. The van der Waals surface area contributed by atoms with Crippen LogP contribution in [0, 0.1) is 6.92 Å². The largest absolute Gasteiger partial charge is 0.336 e. The lowest BCUT2D eigenvalue weighted by molar-refractivity contribution is 0.0697. The Morgan fingerprint density at radius 1 is 1.26 bits per heavy atom. The van der Waals surface area contributed by atoms with E-state index in [1.165, 1.54) is 10.6 Å². The van der Waals surface area contributed by atoms with Crippen molar-refractivity contribution >= 4 is 15.9 Å². The van der Waals surface area contributed by atoms with Gasteiger partial charge in [-0.25, -0.2) is 8.42 Å². The van der Waals surface area contributed by atoms with Gasteiger partial charge in [-0.2, -0.15) is 9.40 Å². The third-order valence-corrected chi connectivity index (χ3v) is 4.76. The first kappa shape index (κ1) is 14.0. The summed E-state index contributed by atoms with van der Waals surface area (Å²) >= 11 is 0. The standard InChI is InChI=1S/C11H18N4O3S/c1-9-10(8-12-13(9)2)11(16)14-4-6-15(7-5-14)19(3,17)18/h8H,4-7H2,1-3H3. The third-order valence-electron chi connectivity index (χ3n) is 3.46. The molecule has 1 saturated heterocycles. The second-order valence-electron chi connectivity index (χ2n) is 4.72. The molecule has 1 fully saturated rings. The number of sulfonamides is 1. The highest BCUT2D eigenvalue weighted by Gasteiger charge is 2.27. The van der Waals surface area contributed by atoms with E-state index in [-0.39, 0.29) is 5.91 Å². The van der Waals surface area contributed by atoms with Crippen molar-refractivity contribution in [3.8, 4) is 0 Å². The maximum absolute atomic E-state index is 12.3. The van der Waals surface area contributed by atoms with Crippen LogP contribution in [0.2, 0.25) is 0 Å². The van der Waals surface area contributed by atoms with Gasteiger partial charge in [-0.1, -0.05) is 0 Å². The number of rotatable bonds is 2. The molecule has 19 heavy (non-hydrogen) atoms. The lowest BCUT2D eigenvalue weighted by Crippen LogP contribution is -2.50. The van der Waals surface area contributed by atoms with Crippen LogP contribution in [-0.4, -0.2) is 65.7 Å². The van der Waals surface area contributed by atoms with Gasteiger partial charge >= 0.3 is 0 Å². The molecule has 1 amide bonds. The number of carbonyl (C=O) groups is 1. The average Bonchev–Trinajstić information content (AvgIpc) is 2.68. The van der Waals surface area contributed by atoms with E-state index in [2.05, 4.69) is 5.10 Å². The first-order valence-corrected chi connectivity index (χ1v) is 7.88. The Kier molecular flexibility index (Phi) is 3.64. The molecule has 2 heterocycles. The van der Waals surface area contributed by atoms with Crippen LogP contribution in [0.3, 0.4) is 0 Å². The van der Waals surface area contributed by atoms with Crippen LogP contribution in [0.25, 0.3) is 0 Å². The van der Waals surface area contributed by atoms with Gasteiger partial charge in [0.1, 0.15) is 0 Å². The molecule has 1 aromatic heterocycles. The van der Waals surface area contributed by atoms with E-state index in [0.717, 1.165) is 5.69 Å². The molecular formula is C11H18N4O3S. The quantitative estimate of drug-likeness (QED) is 0.731. The normalized spacial score (nSPS) is 17.7. The van der Waals surface area contributed by atoms with Crippen molar-refractivity contribution < 1.29 is 13.2 Å². The van der Waals surface area contributed by atoms with Crippen LogP contribution in [0.15, 0.2) is 6.20 Å². The van der Waals surface area contributed by atoms with Gasteiger partial charge in [-0.15, -0.1) is 0 Å². The Morgan fingerprint density at radius 3 is 2.26 bits per heavy atom. The first-order valence-electron chi connectivity index (χ1n) is 6.03. The van der Waals surface area contributed by atoms with Crippen molar-refractivity contribution in [1.29, 1.82) is 0 Å². The second-order valence-corrected chi connectivity index (χ2v) is 6.70. The number of carbonyl (C=O) groups excluding carboxylic acids is 1. The van der Waals surface area contributed by atoms with Gasteiger partial charge < -0.3 is 4.90 Å². The number of aryl methyl sites for hydroxylation is 1. The number of nitrogens with zero attached hydrogens (tertiary/aromatic N) is 4. The second kappa shape index (κ2) is 4.93. The topological polar surface area (TPSA) is 75.5 Å². The number of hydrogen-bond donors (Lipinski definition) is 0. The zero-order chi connectivity index (χ0) is 14.2. The highest BCUT2D eigenvalue weighted by molar-refractivity contribution is 7.88. The summed E-state index contributed by atoms with van der Waals surface area (Å²) in [5, 5.41) is 4.05. The van der Waals surface area contributed by atoms with E-state index in [1.54, 1.807) is 22.8 Å². The summed E-state index contributed by atoms with van der Waals surface area (Å²) in [5.41, 5.74) is 1.39. The molecule has 0 unspecified atom stereocenters. The van der Waals surface area contributed by atoms with Gasteiger partial charge in [0.15, 0.2) is 0 Å². The van der Waals surface area contributed by atoms with E-state index in [0.29, 0.717) is 31.7 Å². The monoisotopic (exact) mass is 286 g/mol. The minimum atomic E-state index is -3.16. The molecule has 106 valence electrons. The fourth-order valence-electron chi connectivity index (χ4n) is 2.10. The van der Waals surface area contributed by atoms with E-state index >= 15 is 0 Å². The van der Waals surface area contributed by atoms with Crippen LogP contribution >= 0.6 is 0 Å². The highest BCUT2D eigenvalue weighted by Crippen LogP contribution is 2.13. The molecule has 2 rings (SSSR count). The predicted octanol–water partition coefficient (Wildman–Crippen LogP) is -0.554. The van der Waals surface area contributed by atoms with E-state index in [4.69, 9.17) is 0 Å². The Morgan fingerprint density at radius 2 is 1.84 bits per heavy atom. The number of amides is 1. The summed E-state index contributed by atoms with van der Waals surface area (Å²) < 4.78 is 25.8. The fourth-order valence-corrected chi connectivity index (χ4v) is 2.93. The maximum Gasteiger partial charge on any atom is 0.257 e. The van der Waals surface area contributed by atoms with Crippen molar-refractivity contribution in [2.24, 2.45) is 7.05 Å². The highest BCUT2D eigenvalue weighted by atomic mass is 32.2. The van der Waals surface area contributed by atoms with Crippen molar-refractivity contribution in [3.05, 3.63) is 17.5 Å². The van der Waals surface area contributed by atoms with Crippen molar-refractivity contribution in [2.45, 2.75) is 6.92 Å². The SMILES string of the molecule is Cc1c(C(=O)N2CCN(S(C)(=O)=O)CC2)cnn1C. The zero-order valence-corrected chi connectivity index (χ0v) is 12.1. The van der Waals surface area contributed by atoms with Gasteiger partial charge in [0, 0.05) is 38.9 Å². The fraction of sp³-hybridized carbons (Fsp3) is 0.636. The van der Waals surface area contributed by atoms with Crippen molar-refractivity contribution in [2.75, 3.05) is 32.4 Å². The zero-order valence-electron chi connectivity index (χ0n) is 11.3. The lowest BCUT2D eigenvalue weighted by Gasteiger charge is -2.33. The van der Waals surface area contributed by atoms with Gasteiger partial charge in [0.25, 0.3) is 5.91 Å². The summed E-state index contributed by atoms with van der Waals surface area (Å²) in [5.74, 6) is -0.0845. The molecule has 0 bridgehead atoms. The Balaban J connectivity index is 2.06. The number of aromatic nitrogens is 2. The Labute approximate surface area is 112 Å². The molecule has 0 aliphatic carbocycles. The van der Waals surface area contributed by atoms with Crippen LogP contribution in [0.5, 0.6) is 0 Å². The van der Waals surface area contributed by atoms with Gasteiger partial charge in [0.2, 0.25) is 10.0 Å². The van der Waals surface area contributed by atoms with Crippen LogP contribution in [-0.2, 0) is 17.1 Å². The smallest absolute Gasteiger partial charge is 0.257 e. The number of hydrogen-bond acceptors (Lipinski definition) is 4. The minimum absolute atomic E-state index is 0.0845. The molecule has 8 heteroatoms. The maximum atomic E-state index is 12.3. The van der Waals surface area contributed by atoms with E-state index in [9.17, 15) is 13.2 Å². The molecule has 0 N–H and O–H groups in total. The molecule has 1 aromatic rings. The first-order chi connectivity index (χ1) is 8.80. The summed E-state index contributed by atoms with van der Waals surface area (Å²) in [7, 11) is -1.38. The third kappa shape index (κ3) is 2.79.